The van der Waals surface area contributed by atoms with Gasteiger partial charge in [0.25, 0.3) is 0 Å². The number of para-hydroxylation sites is 1. The molecule has 0 aliphatic rings. The van der Waals surface area contributed by atoms with Gasteiger partial charge in [0.2, 0.25) is 11.8 Å². The monoisotopic (exact) mass is 331 g/mol. The van der Waals surface area contributed by atoms with E-state index in [1.54, 1.807) is 30.5 Å². The fourth-order valence-corrected chi connectivity index (χ4v) is 2.27. The fraction of sp³-hybridized carbons (Fsp3) is 0.333. The first kappa shape index (κ1) is 17.9. The number of hydrogen-bond acceptors (Lipinski definition) is 4. The molecule has 0 radical (unpaired) electrons. The highest BCUT2D eigenvalue weighted by molar-refractivity contribution is 5.78. The van der Waals surface area contributed by atoms with E-state index >= 15 is 0 Å². The van der Waals surface area contributed by atoms with Crippen molar-refractivity contribution < 1.29 is 13.9 Å². The minimum Gasteiger partial charge on any atom is -0.436 e. The SMILES string of the molecule is CC(CN(C)C)C(=O)NCc1cccnc1Oc1ccccc1F. The second-order valence-corrected chi connectivity index (χ2v) is 5.88. The Balaban J connectivity index is 2.04. The number of aromatic nitrogens is 1. The topological polar surface area (TPSA) is 54.5 Å². The number of halogens is 1. The van der Waals surface area contributed by atoms with Crippen LogP contribution >= 0.6 is 0 Å². The third-order valence-corrected chi connectivity index (χ3v) is 3.43. The van der Waals surface area contributed by atoms with Gasteiger partial charge in [-0.3, -0.25) is 4.79 Å². The molecule has 5 nitrogen and oxygen atoms in total. The van der Waals surface area contributed by atoms with Gasteiger partial charge in [-0.25, -0.2) is 9.37 Å². The first-order chi connectivity index (χ1) is 11.5. The highest BCUT2D eigenvalue weighted by Crippen LogP contribution is 2.25. The van der Waals surface area contributed by atoms with Crippen LogP contribution in [0.15, 0.2) is 42.6 Å². The summed E-state index contributed by atoms with van der Waals surface area (Å²) in [6, 6.07) is 9.67. The van der Waals surface area contributed by atoms with Crippen LogP contribution < -0.4 is 10.1 Å². The van der Waals surface area contributed by atoms with Gasteiger partial charge < -0.3 is 15.0 Å². The number of benzene rings is 1. The largest absolute Gasteiger partial charge is 0.436 e. The van der Waals surface area contributed by atoms with Gasteiger partial charge in [0.15, 0.2) is 11.6 Å². The number of carbonyl (C=O) groups is 1. The number of pyridine rings is 1. The minimum absolute atomic E-state index is 0.0515. The number of nitrogens with zero attached hydrogens (tertiary/aromatic N) is 2. The van der Waals surface area contributed by atoms with Crippen LogP contribution in [-0.2, 0) is 11.3 Å². The van der Waals surface area contributed by atoms with Crippen molar-refractivity contribution in [1.29, 1.82) is 0 Å². The van der Waals surface area contributed by atoms with Gasteiger partial charge in [-0.1, -0.05) is 25.1 Å². The molecule has 0 saturated heterocycles. The van der Waals surface area contributed by atoms with Crippen molar-refractivity contribution in [3.05, 3.63) is 54.0 Å². The summed E-state index contributed by atoms with van der Waals surface area (Å²) in [7, 11) is 3.84. The molecule has 0 spiro atoms. The maximum Gasteiger partial charge on any atom is 0.224 e. The van der Waals surface area contributed by atoms with Gasteiger partial charge in [0.1, 0.15) is 0 Å². The molecular weight excluding hydrogens is 309 g/mol. The summed E-state index contributed by atoms with van der Waals surface area (Å²) in [5.74, 6) is -0.261. The van der Waals surface area contributed by atoms with E-state index in [1.807, 2.05) is 25.9 Å². The molecule has 1 aromatic heterocycles. The molecule has 1 aromatic carbocycles. The number of carbonyl (C=O) groups excluding carboxylic acids is 1. The van der Waals surface area contributed by atoms with Crippen LogP contribution in [0.1, 0.15) is 12.5 Å². The first-order valence-corrected chi connectivity index (χ1v) is 7.76. The molecule has 1 N–H and O–H groups in total. The van der Waals surface area contributed by atoms with Gasteiger partial charge in [0.05, 0.1) is 0 Å². The van der Waals surface area contributed by atoms with Gasteiger partial charge in [-0.15, -0.1) is 0 Å². The zero-order valence-corrected chi connectivity index (χ0v) is 14.1. The Labute approximate surface area is 141 Å². The Hall–Kier alpha value is -2.47. The maximum atomic E-state index is 13.7. The Morgan fingerprint density at radius 2 is 2.04 bits per heavy atom. The van der Waals surface area contributed by atoms with Crippen LogP contribution in [0, 0.1) is 11.7 Å². The normalized spacial score (nSPS) is 12.0. The van der Waals surface area contributed by atoms with Crippen molar-refractivity contribution in [3.8, 4) is 11.6 Å². The summed E-state index contributed by atoms with van der Waals surface area (Å²) in [6.45, 7) is 2.81. The highest BCUT2D eigenvalue weighted by atomic mass is 19.1. The molecule has 1 unspecified atom stereocenters. The summed E-state index contributed by atoms with van der Waals surface area (Å²) < 4.78 is 19.3. The Morgan fingerprint density at radius 1 is 1.29 bits per heavy atom. The number of nitrogens with one attached hydrogen (secondary N) is 1. The summed E-state index contributed by atoms with van der Waals surface area (Å²) in [4.78, 5) is 18.2. The predicted molar refractivity (Wildman–Crippen MR) is 90.3 cm³/mol. The molecule has 1 amide bonds. The third-order valence-electron chi connectivity index (χ3n) is 3.43. The Bertz CT molecular complexity index is 691. The van der Waals surface area contributed by atoms with Crippen LogP contribution in [0.3, 0.4) is 0 Å². The van der Waals surface area contributed by atoms with E-state index in [0.717, 1.165) is 0 Å². The van der Waals surface area contributed by atoms with E-state index < -0.39 is 5.82 Å². The van der Waals surface area contributed by atoms with Crippen LogP contribution in [0.4, 0.5) is 4.39 Å². The molecule has 128 valence electrons. The number of rotatable bonds is 7. The van der Waals surface area contributed by atoms with Gasteiger partial charge in [0, 0.05) is 30.8 Å². The van der Waals surface area contributed by atoms with Crippen LogP contribution in [0.2, 0.25) is 0 Å². The minimum atomic E-state index is -0.460. The quantitative estimate of drug-likeness (QED) is 0.848. The standard InChI is InChI=1S/C18H22FN3O2/c1-13(12-22(2)3)17(23)21-11-14-7-6-10-20-18(14)24-16-9-5-4-8-15(16)19/h4-10,13H,11-12H2,1-3H3,(H,21,23). The summed E-state index contributed by atoms with van der Waals surface area (Å²) >= 11 is 0. The molecule has 0 bridgehead atoms. The second kappa shape index (κ2) is 8.40. The third kappa shape index (κ3) is 5.03. The molecule has 1 heterocycles. The molecule has 0 aliphatic heterocycles. The lowest BCUT2D eigenvalue weighted by Crippen LogP contribution is -2.34. The number of hydrogen-bond donors (Lipinski definition) is 1. The molecule has 6 heteroatoms. The summed E-state index contributed by atoms with van der Waals surface area (Å²) in [6.07, 6.45) is 1.57. The number of ether oxygens (including phenoxy) is 1. The Morgan fingerprint density at radius 3 is 2.75 bits per heavy atom. The first-order valence-electron chi connectivity index (χ1n) is 7.76. The van der Waals surface area contributed by atoms with E-state index in [-0.39, 0.29) is 30.0 Å². The van der Waals surface area contributed by atoms with E-state index in [9.17, 15) is 9.18 Å². The average molecular weight is 331 g/mol. The van der Waals surface area contributed by atoms with Crippen molar-refractivity contribution >= 4 is 5.91 Å². The lowest BCUT2D eigenvalue weighted by atomic mass is 10.1. The Kier molecular flexibility index (Phi) is 6.26. The molecule has 0 saturated carbocycles. The zero-order valence-electron chi connectivity index (χ0n) is 14.1. The van der Waals surface area contributed by atoms with Gasteiger partial charge in [-0.05, 0) is 32.3 Å². The second-order valence-electron chi connectivity index (χ2n) is 5.88. The van der Waals surface area contributed by atoms with Gasteiger partial charge in [-0.2, -0.15) is 0 Å². The highest BCUT2D eigenvalue weighted by Gasteiger charge is 2.15. The molecular formula is C18H22FN3O2. The average Bonchev–Trinajstić information content (AvgIpc) is 2.55. The maximum absolute atomic E-state index is 13.7. The van der Waals surface area contributed by atoms with Crippen LogP contribution in [0.5, 0.6) is 11.6 Å². The van der Waals surface area contributed by atoms with Crippen molar-refractivity contribution in [3.63, 3.8) is 0 Å². The molecule has 2 aromatic rings. The molecule has 0 aliphatic carbocycles. The van der Waals surface area contributed by atoms with Crippen LogP contribution in [0.25, 0.3) is 0 Å². The fourth-order valence-electron chi connectivity index (χ4n) is 2.27. The lowest BCUT2D eigenvalue weighted by molar-refractivity contribution is -0.125. The molecule has 1 atom stereocenters. The summed E-state index contributed by atoms with van der Waals surface area (Å²) in [5, 5.41) is 2.87. The van der Waals surface area contributed by atoms with Crippen molar-refractivity contribution in [2.75, 3.05) is 20.6 Å². The lowest BCUT2D eigenvalue weighted by Gasteiger charge is -2.17. The number of amides is 1. The smallest absolute Gasteiger partial charge is 0.224 e. The van der Waals surface area contributed by atoms with Crippen molar-refractivity contribution in [2.24, 2.45) is 5.92 Å². The van der Waals surface area contributed by atoms with E-state index in [1.165, 1.54) is 12.1 Å². The molecule has 2 rings (SSSR count). The summed E-state index contributed by atoms with van der Waals surface area (Å²) in [5.41, 5.74) is 0.686. The zero-order chi connectivity index (χ0) is 17.5. The van der Waals surface area contributed by atoms with E-state index in [4.69, 9.17) is 4.74 Å². The molecule has 24 heavy (non-hydrogen) atoms. The van der Waals surface area contributed by atoms with E-state index in [2.05, 4.69) is 10.3 Å². The van der Waals surface area contributed by atoms with Crippen molar-refractivity contribution in [1.82, 2.24) is 15.2 Å². The van der Waals surface area contributed by atoms with E-state index in [0.29, 0.717) is 12.1 Å². The van der Waals surface area contributed by atoms with Gasteiger partial charge >= 0.3 is 0 Å². The van der Waals surface area contributed by atoms with Crippen molar-refractivity contribution in [2.45, 2.75) is 13.5 Å². The van der Waals surface area contributed by atoms with Crippen LogP contribution in [-0.4, -0.2) is 36.4 Å². The molecule has 0 fully saturated rings. The predicted octanol–water partition coefficient (Wildman–Crippen LogP) is 2.83.